The molecule has 0 aromatic rings. The number of quaternary nitrogens is 1. The molecule has 0 spiro atoms. The number of hydrogen-bond acceptors (Lipinski definition) is 2. The van der Waals surface area contributed by atoms with Gasteiger partial charge >= 0.3 is 0 Å². The van der Waals surface area contributed by atoms with E-state index in [9.17, 15) is 8.42 Å². The predicted octanol–water partition coefficient (Wildman–Crippen LogP) is 3.00. The van der Waals surface area contributed by atoms with E-state index in [-0.39, 0.29) is 11.2 Å². The van der Waals surface area contributed by atoms with Gasteiger partial charge in [0.2, 0.25) is 0 Å². The fourth-order valence-electron chi connectivity index (χ4n) is 2.69. The summed E-state index contributed by atoms with van der Waals surface area (Å²) in [6, 6.07) is 0. The normalized spacial score (nSPS) is 19.1. The van der Waals surface area contributed by atoms with Gasteiger partial charge in [-0.15, -0.1) is 0 Å². The fourth-order valence-corrected chi connectivity index (χ4v) is 3.22. The van der Waals surface area contributed by atoms with Crippen LogP contribution >= 0.6 is 0 Å². The summed E-state index contributed by atoms with van der Waals surface area (Å²) in [5.41, 5.74) is 3.08. The van der Waals surface area contributed by atoms with E-state index in [2.05, 4.69) is 45.6 Å². The van der Waals surface area contributed by atoms with Crippen LogP contribution in [0.15, 0.2) is 59.9 Å². The molecule has 0 aliphatic heterocycles. The van der Waals surface area contributed by atoms with E-state index in [0.717, 1.165) is 11.3 Å². The van der Waals surface area contributed by atoms with Crippen molar-refractivity contribution < 1.29 is 18.3 Å². The van der Waals surface area contributed by atoms with E-state index in [4.69, 9.17) is 4.55 Å². The highest BCUT2D eigenvalue weighted by atomic mass is 32.2. The molecule has 4 nitrogen and oxygen atoms in total. The van der Waals surface area contributed by atoms with Gasteiger partial charge in [-0.1, -0.05) is 57.7 Å². The lowest BCUT2D eigenvalue weighted by molar-refractivity contribution is -0.603. The Kier molecular flexibility index (Phi) is 7.39. The molecule has 0 fully saturated rings. The van der Waals surface area contributed by atoms with Gasteiger partial charge in [0.05, 0.1) is 12.3 Å². The standard InChI is InChI=1S/C19H29NO3S/c1-6-9-16(3)19(4,5)17-14-15(2)10-7-11-18(17)20-12-8-13-24(21,22)23/h6-7,9-11,14-15,20H,3,8,12-13H2,1-2,4-5H3,(H,21,22,23)/p+1/b9-6+. The van der Waals surface area contributed by atoms with Gasteiger partial charge in [-0.3, -0.25) is 4.55 Å². The summed E-state index contributed by atoms with van der Waals surface area (Å²) in [5, 5.41) is 2.05. The summed E-state index contributed by atoms with van der Waals surface area (Å²) in [6.45, 7) is 13.2. The van der Waals surface area contributed by atoms with Crippen LogP contribution in [0, 0.1) is 11.3 Å². The Morgan fingerprint density at radius 1 is 1.46 bits per heavy atom. The SMILES string of the molecule is C=C(/C=C/C)C(C)(C)C1=CC(C)C=CC=C1[NH2+]CCCS(=O)(=O)O. The summed E-state index contributed by atoms with van der Waals surface area (Å²) in [6.07, 6.45) is 12.9. The molecule has 1 unspecified atom stereocenters. The van der Waals surface area contributed by atoms with Crippen molar-refractivity contribution in [1.29, 1.82) is 0 Å². The number of allylic oxidation sites excluding steroid dienone is 8. The molecule has 1 rings (SSSR count). The average Bonchev–Trinajstić information content (AvgIpc) is 2.65. The third-order valence-corrected chi connectivity index (χ3v) is 5.05. The summed E-state index contributed by atoms with van der Waals surface area (Å²) < 4.78 is 30.6. The van der Waals surface area contributed by atoms with Crippen LogP contribution in [-0.4, -0.2) is 25.3 Å². The second-order valence-corrected chi connectivity index (χ2v) is 8.30. The minimum atomic E-state index is -3.90. The summed E-state index contributed by atoms with van der Waals surface area (Å²) in [5.74, 6) is 0.106. The van der Waals surface area contributed by atoms with Gasteiger partial charge < -0.3 is 5.32 Å². The first-order valence-corrected chi connectivity index (χ1v) is 9.90. The molecule has 0 saturated carbocycles. The van der Waals surface area contributed by atoms with Crippen molar-refractivity contribution in [3.8, 4) is 0 Å². The van der Waals surface area contributed by atoms with Crippen molar-refractivity contribution in [3.05, 3.63) is 59.9 Å². The second-order valence-electron chi connectivity index (χ2n) is 6.73. The van der Waals surface area contributed by atoms with Crippen molar-refractivity contribution in [3.63, 3.8) is 0 Å². The van der Waals surface area contributed by atoms with Crippen molar-refractivity contribution in [2.24, 2.45) is 11.3 Å². The van der Waals surface area contributed by atoms with Crippen LogP contribution in [0.5, 0.6) is 0 Å². The zero-order valence-electron chi connectivity index (χ0n) is 15.1. The molecule has 1 aliphatic carbocycles. The monoisotopic (exact) mass is 352 g/mol. The van der Waals surface area contributed by atoms with Gasteiger partial charge in [0.15, 0.2) is 0 Å². The largest absolute Gasteiger partial charge is 0.314 e. The summed E-state index contributed by atoms with van der Waals surface area (Å²) in [4.78, 5) is 0. The van der Waals surface area contributed by atoms with E-state index < -0.39 is 10.1 Å². The molecule has 0 bridgehead atoms. The van der Waals surface area contributed by atoms with Gasteiger partial charge in [0, 0.05) is 17.4 Å². The molecule has 0 aromatic heterocycles. The van der Waals surface area contributed by atoms with Gasteiger partial charge in [-0.2, -0.15) is 8.42 Å². The molecule has 5 heteroatoms. The van der Waals surface area contributed by atoms with Crippen LogP contribution in [-0.2, 0) is 10.1 Å². The van der Waals surface area contributed by atoms with Gasteiger partial charge in [0.25, 0.3) is 10.1 Å². The molecule has 1 aliphatic rings. The van der Waals surface area contributed by atoms with Crippen molar-refractivity contribution >= 4 is 10.1 Å². The van der Waals surface area contributed by atoms with Gasteiger partial charge in [0.1, 0.15) is 5.70 Å². The number of hydrogen-bond donors (Lipinski definition) is 2. The van der Waals surface area contributed by atoms with Crippen molar-refractivity contribution in [1.82, 2.24) is 0 Å². The van der Waals surface area contributed by atoms with Crippen LogP contribution in [0.1, 0.15) is 34.1 Å². The quantitative estimate of drug-likeness (QED) is 0.401. The maximum atomic E-state index is 10.9. The average molecular weight is 353 g/mol. The zero-order valence-corrected chi connectivity index (χ0v) is 15.9. The number of rotatable bonds is 8. The third-order valence-electron chi connectivity index (χ3n) is 4.25. The van der Waals surface area contributed by atoms with Crippen LogP contribution in [0.3, 0.4) is 0 Å². The lowest BCUT2D eigenvalue weighted by Gasteiger charge is -2.29. The lowest BCUT2D eigenvalue weighted by Crippen LogP contribution is -2.83. The molecule has 134 valence electrons. The van der Waals surface area contributed by atoms with E-state index in [1.54, 1.807) is 0 Å². The van der Waals surface area contributed by atoms with Crippen molar-refractivity contribution in [2.45, 2.75) is 34.1 Å². The first kappa shape index (κ1) is 20.6. The van der Waals surface area contributed by atoms with E-state index >= 15 is 0 Å². The Morgan fingerprint density at radius 3 is 2.71 bits per heavy atom. The topological polar surface area (TPSA) is 71.0 Å². The Balaban J connectivity index is 2.98. The molecule has 24 heavy (non-hydrogen) atoms. The first-order valence-electron chi connectivity index (χ1n) is 8.29. The molecule has 3 N–H and O–H groups in total. The van der Waals surface area contributed by atoms with E-state index in [0.29, 0.717) is 18.9 Å². The highest BCUT2D eigenvalue weighted by Gasteiger charge is 2.30. The summed E-state index contributed by atoms with van der Waals surface area (Å²) in [7, 11) is -3.90. The molecular weight excluding hydrogens is 322 g/mol. The third kappa shape index (κ3) is 6.23. The van der Waals surface area contributed by atoms with Crippen LogP contribution in [0.4, 0.5) is 0 Å². The van der Waals surface area contributed by atoms with Gasteiger partial charge in [-0.05, 0) is 24.5 Å². The highest BCUT2D eigenvalue weighted by Crippen LogP contribution is 2.38. The molecule has 0 radical (unpaired) electrons. The number of nitrogens with two attached hydrogens (primary N) is 1. The Morgan fingerprint density at radius 2 is 2.12 bits per heavy atom. The Hall–Kier alpha value is -1.43. The summed E-state index contributed by atoms with van der Waals surface area (Å²) >= 11 is 0. The zero-order chi connectivity index (χ0) is 18.4. The van der Waals surface area contributed by atoms with Crippen LogP contribution in [0.2, 0.25) is 0 Å². The van der Waals surface area contributed by atoms with E-state index in [1.165, 1.54) is 5.57 Å². The molecular formula is C19H30NO3S+. The Labute approximate surface area is 146 Å². The molecule has 0 amide bonds. The highest BCUT2D eigenvalue weighted by molar-refractivity contribution is 7.85. The Bertz CT molecular complexity index is 679. The smallest absolute Gasteiger partial charge is 0.265 e. The predicted molar refractivity (Wildman–Crippen MR) is 100 cm³/mol. The lowest BCUT2D eigenvalue weighted by atomic mass is 9.75. The minimum absolute atomic E-state index is 0.212. The van der Waals surface area contributed by atoms with Crippen LogP contribution < -0.4 is 5.32 Å². The maximum absolute atomic E-state index is 10.9. The maximum Gasteiger partial charge on any atom is 0.265 e. The molecule has 0 aromatic carbocycles. The molecule has 0 saturated heterocycles. The fraction of sp³-hybridized carbons (Fsp3) is 0.474. The van der Waals surface area contributed by atoms with Crippen molar-refractivity contribution in [2.75, 3.05) is 12.3 Å². The first-order chi connectivity index (χ1) is 11.1. The minimum Gasteiger partial charge on any atom is -0.314 e. The molecule has 1 atom stereocenters. The van der Waals surface area contributed by atoms with Gasteiger partial charge in [-0.25, -0.2) is 0 Å². The molecule has 0 heterocycles. The van der Waals surface area contributed by atoms with Crippen LogP contribution in [0.25, 0.3) is 0 Å². The second kappa shape index (κ2) is 8.60. The van der Waals surface area contributed by atoms with E-state index in [1.807, 2.05) is 30.5 Å².